The predicted octanol–water partition coefficient (Wildman–Crippen LogP) is 2.62. The standard InChI is InChI=1S/C29H27F5N2O3.C4H8O2.Na/c1-19(36(18-37)17-22-23(29(32,33)34)12-8-13-24(22)30)26(21-11-7-14-25(39-3)27(21)31)28(38)35(2)16-15-20-9-5-4-6-10-20;1-2-3-4(5)6;/h4-14,18H,15-17H2,1-3H3;2-3H2,1H3,(H,5,6);/q;;+1/p-1/b26-19-;;. The summed E-state index contributed by atoms with van der Waals surface area (Å²) in [6.07, 6.45) is -3.39. The number of hydrogen-bond donors (Lipinski definition) is 0. The van der Waals surface area contributed by atoms with E-state index in [4.69, 9.17) is 4.74 Å². The van der Waals surface area contributed by atoms with E-state index in [1.165, 1.54) is 44.2 Å². The molecule has 0 radical (unpaired) electrons. The number of benzene rings is 3. The van der Waals surface area contributed by atoms with E-state index in [9.17, 15) is 37.1 Å². The van der Waals surface area contributed by atoms with E-state index in [1.807, 2.05) is 30.3 Å². The Morgan fingerprint density at radius 3 is 2.13 bits per heavy atom. The fourth-order valence-electron chi connectivity index (χ4n) is 4.30. The van der Waals surface area contributed by atoms with Crippen LogP contribution in [0.4, 0.5) is 22.0 Å². The molecule has 0 fully saturated rings. The average molecular weight is 657 g/mol. The van der Waals surface area contributed by atoms with Gasteiger partial charge in [0.05, 0.1) is 24.8 Å². The molecule has 0 bridgehead atoms. The van der Waals surface area contributed by atoms with Gasteiger partial charge in [-0.3, -0.25) is 9.59 Å². The van der Waals surface area contributed by atoms with Gasteiger partial charge in [-0.15, -0.1) is 0 Å². The van der Waals surface area contributed by atoms with Crippen LogP contribution < -0.4 is 39.4 Å². The second kappa shape index (κ2) is 19.0. The number of ether oxygens (including phenoxy) is 1. The SMILES string of the molecule is CCCC(=O)[O-].COc1cccc(/C(C(=O)N(C)CCc2ccccc2)=C(\C)N(C=O)Cc2c(F)cccc2C(F)(F)F)c1F.[Na+]. The van der Waals surface area contributed by atoms with Crippen molar-refractivity contribution in [2.24, 2.45) is 0 Å². The zero-order chi connectivity index (χ0) is 33.7. The van der Waals surface area contributed by atoms with Crippen LogP contribution >= 0.6 is 0 Å². The van der Waals surface area contributed by atoms with Crippen LogP contribution in [0.5, 0.6) is 5.75 Å². The predicted molar refractivity (Wildman–Crippen MR) is 156 cm³/mol. The van der Waals surface area contributed by atoms with Gasteiger partial charge in [0.25, 0.3) is 5.91 Å². The maximum Gasteiger partial charge on any atom is 1.00 e. The first-order valence-corrected chi connectivity index (χ1v) is 13.9. The minimum atomic E-state index is -4.89. The van der Waals surface area contributed by atoms with Gasteiger partial charge in [0.1, 0.15) is 5.82 Å². The number of alkyl halides is 3. The number of rotatable bonds is 12. The van der Waals surface area contributed by atoms with E-state index in [0.717, 1.165) is 22.6 Å². The summed E-state index contributed by atoms with van der Waals surface area (Å²) in [5, 5.41) is 9.49. The number of halogens is 5. The fraction of sp³-hybridized carbons (Fsp3) is 0.303. The molecule has 0 aliphatic heterocycles. The molecule has 0 saturated carbocycles. The summed E-state index contributed by atoms with van der Waals surface area (Å²) in [5.74, 6) is -3.90. The van der Waals surface area contributed by atoms with E-state index in [2.05, 4.69) is 0 Å². The van der Waals surface area contributed by atoms with E-state index in [0.29, 0.717) is 18.9 Å². The van der Waals surface area contributed by atoms with Crippen molar-refractivity contribution in [2.45, 2.75) is 45.8 Å². The number of methoxy groups -OCH3 is 1. The van der Waals surface area contributed by atoms with Gasteiger partial charge >= 0.3 is 35.7 Å². The zero-order valence-corrected chi connectivity index (χ0v) is 28.3. The molecule has 0 heterocycles. The third-order valence-corrected chi connectivity index (χ3v) is 6.72. The molecule has 2 amide bonds. The zero-order valence-electron chi connectivity index (χ0n) is 26.3. The van der Waals surface area contributed by atoms with E-state index < -0.39 is 47.4 Å². The van der Waals surface area contributed by atoms with Crippen molar-refractivity contribution in [3.05, 3.63) is 106 Å². The summed E-state index contributed by atoms with van der Waals surface area (Å²) in [7, 11) is 2.72. The maximum atomic E-state index is 15.4. The van der Waals surface area contributed by atoms with Crippen LogP contribution in [-0.4, -0.2) is 48.8 Å². The second-order valence-electron chi connectivity index (χ2n) is 9.86. The number of likely N-dealkylation sites (N-methyl/N-ethyl adjacent to an activating group) is 1. The number of hydrogen-bond acceptors (Lipinski definition) is 5. The Hall–Kier alpha value is -3.74. The molecular weight excluding hydrogens is 622 g/mol. The normalized spacial score (nSPS) is 11.2. The number of nitrogens with zero attached hydrogens (tertiary/aromatic N) is 2. The van der Waals surface area contributed by atoms with Gasteiger partial charge in [-0.25, -0.2) is 8.78 Å². The van der Waals surface area contributed by atoms with Gasteiger partial charge in [-0.2, -0.15) is 13.2 Å². The van der Waals surface area contributed by atoms with E-state index in [1.54, 1.807) is 6.92 Å². The maximum absolute atomic E-state index is 15.4. The Bertz CT molecular complexity index is 1500. The molecule has 3 aromatic carbocycles. The summed E-state index contributed by atoms with van der Waals surface area (Å²) < 4.78 is 75.8. The van der Waals surface area contributed by atoms with Crippen LogP contribution in [0.15, 0.2) is 72.4 Å². The summed E-state index contributed by atoms with van der Waals surface area (Å²) >= 11 is 0. The van der Waals surface area contributed by atoms with Crippen LogP contribution in [-0.2, 0) is 33.5 Å². The van der Waals surface area contributed by atoms with E-state index in [-0.39, 0.29) is 71.5 Å². The van der Waals surface area contributed by atoms with Gasteiger partial charge in [0.15, 0.2) is 11.6 Å². The van der Waals surface area contributed by atoms with Crippen molar-refractivity contribution < 1.29 is 75.7 Å². The fourth-order valence-corrected chi connectivity index (χ4v) is 4.30. The number of amides is 2. The molecule has 0 aliphatic carbocycles. The van der Waals surface area contributed by atoms with Crippen molar-refractivity contribution >= 4 is 23.9 Å². The van der Waals surface area contributed by atoms with Crippen molar-refractivity contribution in [3.8, 4) is 5.75 Å². The summed E-state index contributed by atoms with van der Waals surface area (Å²) in [6.45, 7) is 2.47. The van der Waals surface area contributed by atoms with E-state index >= 15 is 4.39 Å². The molecule has 0 atom stereocenters. The molecule has 242 valence electrons. The van der Waals surface area contributed by atoms with Crippen molar-refractivity contribution in [2.75, 3.05) is 20.7 Å². The molecule has 0 aliphatic rings. The van der Waals surface area contributed by atoms with Crippen molar-refractivity contribution in [1.29, 1.82) is 0 Å². The molecule has 13 heteroatoms. The number of carbonyl (C=O) groups excluding carboxylic acids is 3. The molecule has 0 spiro atoms. The molecule has 46 heavy (non-hydrogen) atoms. The molecule has 0 aromatic heterocycles. The Kier molecular flexibility index (Phi) is 16.7. The van der Waals surface area contributed by atoms with Crippen LogP contribution in [0.1, 0.15) is 48.9 Å². The molecule has 0 saturated heterocycles. The number of carbonyl (C=O) groups is 3. The molecular formula is C33H34F5N2NaO5. The second-order valence-corrected chi connectivity index (χ2v) is 9.86. The quantitative estimate of drug-likeness (QED) is 0.130. The van der Waals surface area contributed by atoms with Crippen LogP contribution in [0.25, 0.3) is 5.57 Å². The first kappa shape index (κ1) is 40.3. The monoisotopic (exact) mass is 656 g/mol. The number of allylic oxidation sites excluding steroid dienone is 1. The molecule has 0 N–H and O–H groups in total. The average Bonchev–Trinajstić information content (AvgIpc) is 3.00. The number of carboxylic acids is 1. The smallest absolute Gasteiger partial charge is 0.550 e. The molecule has 3 aromatic rings. The Labute approximate surface area is 286 Å². The number of carboxylic acid groups (broad SMARTS) is 1. The summed E-state index contributed by atoms with van der Waals surface area (Å²) in [4.78, 5) is 37.4. The van der Waals surface area contributed by atoms with Gasteiger partial charge < -0.3 is 24.4 Å². The van der Waals surface area contributed by atoms with Gasteiger partial charge in [0, 0.05) is 36.4 Å². The van der Waals surface area contributed by atoms with Crippen LogP contribution in [0, 0.1) is 11.6 Å². The van der Waals surface area contributed by atoms with Crippen molar-refractivity contribution in [1.82, 2.24) is 9.80 Å². The third-order valence-electron chi connectivity index (χ3n) is 6.72. The molecule has 7 nitrogen and oxygen atoms in total. The number of aliphatic carboxylic acids is 1. The topological polar surface area (TPSA) is 90.0 Å². The molecule has 0 unspecified atom stereocenters. The van der Waals surface area contributed by atoms with Gasteiger partial charge in [-0.1, -0.05) is 61.9 Å². The largest absolute Gasteiger partial charge is 1.00 e. The minimum Gasteiger partial charge on any atom is -0.550 e. The summed E-state index contributed by atoms with van der Waals surface area (Å²) in [6, 6.07) is 15.8. The van der Waals surface area contributed by atoms with Crippen LogP contribution in [0.3, 0.4) is 0 Å². The minimum absolute atomic E-state index is 0. The van der Waals surface area contributed by atoms with Crippen LogP contribution in [0.2, 0.25) is 0 Å². The first-order chi connectivity index (χ1) is 21.3. The van der Waals surface area contributed by atoms with Gasteiger partial charge in [-0.05, 0) is 43.5 Å². The Morgan fingerprint density at radius 2 is 1.61 bits per heavy atom. The van der Waals surface area contributed by atoms with Gasteiger partial charge in [0.2, 0.25) is 6.41 Å². The summed E-state index contributed by atoms with van der Waals surface area (Å²) in [5.41, 5.74) is -1.76. The van der Waals surface area contributed by atoms with Crippen molar-refractivity contribution in [3.63, 3.8) is 0 Å². The Morgan fingerprint density at radius 1 is 0.978 bits per heavy atom. The first-order valence-electron chi connectivity index (χ1n) is 13.9. The third kappa shape index (κ3) is 11.3. The molecule has 3 rings (SSSR count). The Balaban J connectivity index is 0.00000138.